The van der Waals surface area contributed by atoms with Crippen molar-refractivity contribution >= 4 is 31.6 Å². The number of benzene rings is 1. The molecule has 0 fully saturated rings. The second kappa shape index (κ2) is 3.54. The lowest BCUT2D eigenvalue weighted by Crippen LogP contribution is -1.92. The van der Waals surface area contributed by atoms with Crippen molar-refractivity contribution < 1.29 is 12.3 Å². The number of hydrogen-bond donors (Lipinski definition) is 0. The second-order valence-electron chi connectivity index (χ2n) is 3.31. The molecule has 1 aromatic heterocycles. The topological polar surface area (TPSA) is 57.9 Å². The monoisotopic (exact) mass is 255 g/mol. The van der Waals surface area contributed by atoms with E-state index in [1.165, 1.54) is 6.07 Å². The SMILES string of the molecule is Cc1ccc2c(S(=O)(=O)F)c(C#N)sc2c1. The van der Waals surface area contributed by atoms with Crippen LogP contribution >= 0.6 is 11.3 Å². The van der Waals surface area contributed by atoms with Crippen LogP contribution in [0.4, 0.5) is 3.89 Å². The molecule has 0 unspecified atom stereocenters. The van der Waals surface area contributed by atoms with E-state index in [2.05, 4.69) is 0 Å². The highest BCUT2D eigenvalue weighted by Crippen LogP contribution is 2.35. The molecular formula is C10H6FNO2S2. The molecule has 0 spiro atoms. The van der Waals surface area contributed by atoms with Gasteiger partial charge in [0.1, 0.15) is 15.8 Å². The average Bonchev–Trinajstić information content (AvgIpc) is 2.54. The van der Waals surface area contributed by atoms with Crippen molar-refractivity contribution in [3.8, 4) is 6.07 Å². The fourth-order valence-corrected chi connectivity index (χ4v) is 3.68. The summed E-state index contributed by atoms with van der Waals surface area (Å²) in [6.45, 7) is 1.84. The number of aryl methyl sites for hydroxylation is 1. The van der Waals surface area contributed by atoms with E-state index in [0.717, 1.165) is 16.9 Å². The van der Waals surface area contributed by atoms with Crippen LogP contribution in [-0.4, -0.2) is 8.42 Å². The lowest BCUT2D eigenvalue weighted by atomic mass is 10.2. The Morgan fingerprint density at radius 3 is 2.69 bits per heavy atom. The molecule has 16 heavy (non-hydrogen) atoms. The molecule has 6 heteroatoms. The van der Waals surface area contributed by atoms with E-state index in [4.69, 9.17) is 5.26 Å². The molecule has 0 N–H and O–H groups in total. The van der Waals surface area contributed by atoms with Crippen LogP contribution in [-0.2, 0) is 10.2 Å². The molecule has 3 nitrogen and oxygen atoms in total. The van der Waals surface area contributed by atoms with Crippen molar-refractivity contribution in [1.29, 1.82) is 5.26 Å². The maximum atomic E-state index is 13.1. The molecule has 0 aliphatic carbocycles. The molecule has 0 aliphatic rings. The lowest BCUT2D eigenvalue weighted by molar-refractivity contribution is 0.553. The van der Waals surface area contributed by atoms with E-state index in [9.17, 15) is 12.3 Å². The largest absolute Gasteiger partial charge is 0.334 e. The van der Waals surface area contributed by atoms with Crippen LogP contribution in [0.5, 0.6) is 0 Å². The van der Waals surface area contributed by atoms with Gasteiger partial charge < -0.3 is 0 Å². The number of nitriles is 1. The molecule has 2 rings (SSSR count). The Kier molecular flexibility index (Phi) is 2.45. The second-order valence-corrected chi connectivity index (χ2v) is 5.65. The Hall–Kier alpha value is -1.45. The van der Waals surface area contributed by atoms with Gasteiger partial charge in [-0.05, 0) is 18.6 Å². The van der Waals surface area contributed by atoms with Gasteiger partial charge in [-0.2, -0.15) is 13.7 Å². The third-order valence-corrected chi connectivity index (χ3v) is 4.24. The zero-order chi connectivity index (χ0) is 11.9. The summed E-state index contributed by atoms with van der Waals surface area (Å²) in [6.07, 6.45) is 0. The Balaban J connectivity index is 2.97. The van der Waals surface area contributed by atoms with Gasteiger partial charge >= 0.3 is 10.2 Å². The van der Waals surface area contributed by atoms with Crippen molar-refractivity contribution in [3.63, 3.8) is 0 Å². The van der Waals surface area contributed by atoms with E-state index in [1.54, 1.807) is 18.2 Å². The van der Waals surface area contributed by atoms with Gasteiger partial charge in [0.2, 0.25) is 0 Å². The first-order valence-corrected chi connectivity index (χ1v) is 6.51. The van der Waals surface area contributed by atoms with Crippen LogP contribution in [0, 0.1) is 18.3 Å². The van der Waals surface area contributed by atoms with Gasteiger partial charge in [-0.25, -0.2) is 0 Å². The Morgan fingerprint density at radius 1 is 1.44 bits per heavy atom. The fourth-order valence-electron chi connectivity index (χ4n) is 1.50. The molecule has 2 aromatic rings. The average molecular weight is 255 g/mol. The van der Waals surface area contributed by atoms with Crippen molar-refractivity contribution in [2.45, 2.75) is 11.8 Å². The molecular weight excluding hydrogens is 249 g/mol. The number of hydrogen-bond acceptors (Lipinski definition) is 4. The summed E-state index contributed by atoms with van der Waals surface area (Å²) >= 11 is 0.985. The van der Waals surface area contributed by atoms with Gasteiger partial charge in [0, 0.05) is 10.1 Å². The van der Waals surface area contributed by atoms with Crippen molar-refractivity contribution in [1.82, 2.24) is 0 Å². The van der Waals surface area contributed by atoms with Crippen LogP contribution in [0.25, 0.3) is 10.1 Å². The number of halogens is 1. The van der Waals surface area contributed by atoms with E-state index in [0.29, 0.717) is 4.70 Å². The maximum absolute atomic E-state index is 13.1. The smallest absolute Gasteiger partial charge is 0.191 e. The Morgan fingerprint density at radius 2 is 2.12 bits per heavy atom. The van der Waals surface area contributed by atoms with Gasteiger partial charge in [0.25, 0.3) is 0 Å². The summed E-state index contributed by atoms with van der Waals surface area (Å²) < 4.78 is 35.6. The third kappa shape index (κ3) is 1.68. The van der Waals surface area contributed by atoms with Crippen molar-refractivity contribution in [3.05, 3.63) is 28.6 Å². The predicted molar refractivity (Wildman–Crippen MR) is 59.6 cm³/mol. The summed E-state index contributed by atoms with van der Waals surface area (Å²) in [5, 5.41) is 9.05. The maximum Gasteiger partial charge on any atom is 0.334 e. The molecule has 0 amide bonds. The summed E-state index contributed by atoms with van der Waals surface area (Å²) in [6, 6.07) is 6.65. The third-order valence-electron chi connectivity index (χ3n) is 2.15. The molecule has 82 valence electrons. The van der Waals surface area contributed by atoms with Gasteiger partial charge in [0.05, 0.1) is 0 Å². The van der Waals surface area contributed by atoms with Crippen LogP contribution in [0.15, 0.2) is 23.1 Å². The summed E-state index contributed by atoms with van der Waals surface area (Å²) in [5.41, 5.74) is 0.932. The Labute approximate surface area is 96.0 Å². The zero-order valence-corrected chi connectivity index (χ0v) is 9.82. The number of rotatable bonds is 1. The minimum Gasteiger partial charge on any atom is -0.191 e. The quantitative estimate of drug-likeness (QED) is 0.736. The highest BCUT2D eigenvalue weighted by atomic mass is 32.3. The van der Waals surface area contributed by atoms with Crippen molar-refractivity contribution in [2.75, 3.05) is 0 Å². The Bertz CT molecular complexity index is 710. The summed E-state index contributed by atoms with van der Waals surface area (Å²) in [5.74, 6) is 0. The molecule has 0 radical (unpaired) electrons. The molecule has 0 bridgehead atoms. The van der Waals surface area contributed by atoms with Crippen molar-refractivity contribution in [2.24, 2.45) is 0 Å². The van der Waals surface area contributed by atoms with Crippen LogP contribution in [0.1, 0.15) is 10.4 Å². The van der Waals surface area contributed by atoms with Crippen LogP contribution in [0.3, 0.4) is 0 Å². The minimum absolute atomic E-state index is 0.108. The number of fused-ring (bicyclic) bond motifs is 1. The number of thiophene rings is 1. The van der Waals surface area contributed by atoms with E-state index in [-0.39, 0.29) is 10.3 Å². The van der Waals surface area contributed by atoms with Crippen LogP contribution < -0.4 is 0 Å². The molecule has 0 aliphatic heterocycles. The zero-order valence-electron chi connectivity index (χ0n) is 8.19. The summed E-state index contributed by atoms with van der Waals surface area (Å²) in [7, 11) is -4.85. The highest BCUT2D eigenvalue weighted by Gasteiger charge is 2.23. The van der Waals surface area contributed by atoms with E-state index >= 15 is 0 Å². The fraction of sp³-hybridized carbons (Fsp3) is 0.100. The first kappa shape index (κ1) is 11.0. The van der Waals surface area contributed by atoms with E-state index < -0.39 is 15.1 Å². The van der Waals surface area contributed by atoms with E-state index in [1.807, 2.05) is 6.92 Å². The van der Waals surface area contributed by atoms with Gasteiger partial charge in [-0.1, -0.05) is 12.1 Å². The minimum atomic E-state index is -4.85. The standard InChI is InChI=1S/C10H6FNO2S2/c1-6-2-3-7-8(4-6)15-9(5-12)10(7)16(11,13)14/h2-4H,1H3. The lowest BCUT2D eigenvalue weighted by Gasteiger charge is -1.94. The molecule has 0 saturated heterocycles. The molecule has 0 saturated carbocycles. The molecule has 0 atom stereocenters. The highest BCUT2D eigenvalue weighted by molar-refractivity contribution is 7.87. The first-order valence-electron chi connectivity index (χ1n) is 4.31. The summed E-state index contributed by atoms with van der Waals surface area (Å²) in [4.78, 5) is -0.613. The molecule has 1 heterocycles. The number of nitrogens with zero attached hydrogens (tertiary/aromatic N) is 1. The van der Waals surface area contributed by atoms with Crippen LogP contribution in [0.2, 0.25) is 0 Å². The van der Waals surface area contributed by atoms with Gasteiger partial charge in [-0.3, -0.25) is 0 Å². The van der Waals surface area contributed by atoms with Gasteiger partial charge in [0.15, 0.2) is 0 Å². The predicted octanol–water partition coefficient (Wildman–Crippen LogP) is 2.74. The van der Waals surface area contributed by atoms with Gasteiger partial charge in [-0.15, -0.1) is 15.2 Å². The first-order chi connectivity index (χ1) is 7.43. The normalized spacial score (nSPS) is 11.6. The molecule has 1 aromatic carbocycles.